The average molecular weight is 398 g/mol. The van der Waals surface area contributed by atoms with E-state index in [1.165, 1.54) is 33.1 Å². The Morgan fingerprint density at radius 3 is 2.28 bits per heavy atom. The molecule has 0 saturated heterocycles. The fraction of sp³-hybridized carbons (Fsp3) is 0.200. The molecule has 1 heterocycles. The maximum atomic E-state index is 11.2. The predicted octanol–water partition coefficient (Wildman–Crippen LogP) is 4.37. The van der Waals surface area contributed by atoms with Gasteiger partial charge in [-0.3, -0.25) is 20.2 Å². The molecule has 0 fully saturated rings. The number of hydrogen-bond donors (Lipinski definition) is 0. The van der Waals surface area contributed by atoms with Gasteiger partial charge in [0.2, 0.25) is 23.9 Å². The van der Waals surface area contributed by atoms with Crippen molar-refractivity contribution >= 4 is 12.2 Å². The van der Waals surface area contributed by atoms with Gasteiger partial charge in [0.1, 0.15) is 0 Å². The minimum Gasteiger partial charge on any atom is -0.492 e. The third-order valence-electron chi connectivity index (χ3n) is 4.39. The van der Waals surface area contributed by atoms with Crippen LogP contribution in [0.15, 0.2) is 41.7 Å². The first-order chi connectivity index (χ1) is 13.8. The van der Waals surface area contributed by atoms with Gasteiger partial charge in [0.15, 0.2) is 11.5 Å². The topological polar surface area (TPSA) is 114 Å². The van der Waals surface area contributed by atoms with Crippen LogP contribution < -0.4 is 14.2 Å². The number of fused-ring (bicyclic) bond motifs is 1. The monoisotopic (exact) mass is 398 g/mol. The van der Waals surface area contributed by atoms with Crippen LogP contribution in [0.4, 0.5) is 0 Å². The molecule has 0 unspecified atom stereocenters. The van der Waals surface area contributed by atoms with Crippen LogP contribution in [0.5, 0.6) is 17.2 Å². The molecule has 9 heteroatoms. The highest BCUT2D eigenvalue weighted by molar-refractivity contribution is 5.89. The van der Waals surface area contributed by atoms with Gasteiger partial charge in [-0.2, -0.15) is 0 Å². The molecule has 0 radical (unpaired) electrons. The number of rotatable bonds is 6. The summed E-state index contributed by atoms with van der Waals surface area (Å²) in [5.41, 5.74) is 2.02. The summed E-state index contributed by atoms with van der Waals surface area (Å²) >= 11 is 0. The maximum Gasteiger partial charge on any atom is 0.243 e. The molecule has 0 saturated carbocycles. The van der Waals surface area contributed by atoms with Crippen LogP contribution in [0.25, 0.3) is 23.3 Å². The van der Waals surface area contributed by atoms with Crippen LogP contribution in [-0.2, 0) is 0 Å². The van der Waals surface area contributed by atoms with Crippen molar-refractivity contribution < 1.29 is 24.1 Å². The lowest BCUT2D eigenvalue weighted by atomic mass is 9.92. The molecule has 0 atom stereocenters. The fourth-order valence-electron chi connectivity index (χ4n) is 3.02. The van der Waals surface area contributed by atoms with Gasteiger partial charge in [-0.25, -0.2) is 0 Å². The first-order valence-electron chi connectivity index (χ1n) is 8.58. The third kappa shape index (κ3) is 3.88. The second kappa shape index (κ2) is 8.01. The quantitative estimate of drug-likeness (QED) is 0.524. The number of nitro groups is 2. The van der Waals surface area contributed by atoms with E-state index in [1.54, 1.807) is 30.3 Å². The van der Waals surface area contributed by atoms with Crippen molar-refractivity contribution in [3.05, 3.63) is 73.1 Å². The van der Waals surface area contributed by atoms with E-state index in [4.69, 9.17) is 14.2 Å². The van der Waals surface area contributed by atoms with Crippen LogP contribution in [0.3, 0.4) is 0 Å². The number of allylic oxidation sites excluding steroid dienone is 2. The molecule has 1 aliphatic rings. The molecule has 150 valence electrons. The van der Waals surface area contributed by atoms with Crippen molar-refractivity contribution in [1.82, 2.24) is 0 Å². The average Bonchev–Trinajstić information content (AvgIpc) is 3.15. The summed E-state index contributed by atoms with van der Waals surface area (Å²) in [4.78, 5) is 21.3. The Labute approximate surface area is 166 Å². The van der Waals surface area contributed by atoms with Crippen molar-refractivity contribution in [2.45, 2.75) is 13.8 Å². The lowest BCUT2D eigenvalue weighted by Crippen LogP contribution is -1.99. The lowest BCUT2D eigenvalue weighted by Gasteiger charge is -2.16. The molecule has 2 aromatic rings. The first-order valence-corrected chi connectivity index (χ1v) is 8.58. The summed E-state index contributed by atoms with van der Waals surface area (Å²) in [6.07, 6.45) is 2.84. The zero-order valence-corrected chi connectivity index (χ0v) is 16.0. The standard InChI is InChI=1S/C20H18N2O7/c1-12(21(23)24)8-14-6-4-5-7-16(14)18-15(9-13(2)22(25)26)10-17-19(20(18)27-3)29-11-28-17/h4-10H,11H2,1-3H3/b12-8+,13-9+. The van der Waals surface area contributed by atoms with Gasteiger partial charge in [-0.05, 0) is 22.8 Å². The van der Waals surface area contributed by atoms with Crippen molar-refractivity contribution in [2.24, 2.45) is 0 Å². The lowest BCUT2D eigenvalue weighted by molar-refractivity contribution is -0.422. The summed E-state index contributed by atoms with van der Waals surface area (Å²) < 4.78 is 16.5. The Bertz CT molecular complexity index is 1060. The Balaban J connectivity index is 2.35. The molecule has 2 aromatic carbocycles. The predicted molar refractivity (Wildman–Crippen MR) is 106 cm³/mol. The Morgan fingerprint density at radius 2 is 1.66 bits per heavy atom. The van der Waals surface area contributed by atoms with Crippen LogP contribution in [-0.4, -0.2) is 23.7 Å². The van der Waals surface area contributed by atoms with E-state index < -0.39 is 9.85 Å². The van der Waals surface area contributed by atoms with E-state index in [2.05, 4.69) is 0 Å². The van der Waals surface area contributed by atoms with Crippen molar-refractivity contribution in [2.75, 3.05) is 13.9 Å². The SMILES string of the molecule is COc1c2c(cc(/C=C(\C)[N+](=O)[O-])c1-c1ccccc1/C=C(\C)[N+](=O)[O-])OCO2. The van der Waals surface area contributed by atoms with Crippen molar-refractivity contribution in [3.63, 3.8) is 0 Å². The number of ether oxygens (including phenoxy) is 3. The normalized spacial score (nSPS) is 13.3. The van der Waals surface area contributed by atoms with Gasteiger partial charge in [-0.1, -0.05) is 24.3 Å². The Hall–Kier alpha value is -3.88. The molecule has 3 rings (SSSR count). The van der Waals surface area contributed by atoms with E-state index in [1.807, 2.05) is 0 Å². The summed E-state index contributed by atoms with van der Waals surface area (Å²) in [6.45, 7) is 2.77. The Morgan fingerprint density at radius 1 is 1.03 bits per heavy atom. The van der Waals surface area contributed by atoms with E-state index in [-0.39, 0.29) is 18.2 Å². The fourth-order valence-corrected chi connectivity index (χ4v) is 3.02. The van der Waals surface area contributed by atoms with Gasteiger partial charge in [-0.15, -0.1) is 0 Å². The molecule has 29 heavy (non-hydrogen) atoms. The molecule has 0 spiro atoms. The van der Waals surface area contributed by atoms with Gasteiger partial charge in [0.05, 0.1) is 17.0 Å². The molecular formula is C20H18N2O7. The minimum absolute atomic E-state index is 0.00546. The van der Waals surface area contributed by atoms with Gasteiger partial charge >= 0.3 is 0 Å². The Kier molecular flexibility index (Phi) is 5.49. The van der Waals surface area contributed by atoms with E-state index >= 15 is 0 Å². The van der Waals surface area contributed by atoms with Gasteiger partial charge in [0, 0.05) is 31.6 Å². The second-order valence-corrected chi connectivity index (χ2v) is 6.28. The summed E-state index contributed by atoms with van der Waals surface area (Å²) in [6, 6.07) is 8.64. The van der Waals surface area contributed by atoms with Crippen molar-refractivity contribution in [3.8, 4) is 28.4 Å². The van der Waals surface area contributed by atoms with E-state index in [0.29, 0.717) is 39.5 Å². The summed E-state index contributed by atoms with van der Waals surface area (Å²) in [5, 5.41) is 22.3. The van der Waals surface area contributed by atoms with E-state index in [0.717, 1.165) is 0 Å². The largest absolute Gasteiger partial charge is 0.492 e. The van der Waals surface area contributed by atoms with Gasteiger partial charge < -0.3 is 14.2 Å². The smallest absolute Gasteiger partial charge is 0.243 e. The van der Waals surface area contributed by atoms with Crippen LogP contribution >= 0.6 is 0 Å². The first kappa shape index (κ1) is 19.9. The molecular weight excluding hydrogens is 380 g/mol. The zero-order chi connectivity index (χ0) is 21.1. The van der Waals surface area contributed by atoms with Gasteiger partial charge in [0.25, 0.3) is 0 Å². The van der Waals surface area contributed by atoms with Crippen molar-refractivity contribution in [1.29, 1.82) is 0 Å². The molecule has 0 aliphatic carbocycles. The molecule has 0 amide bonds. The molecule has 1 aliphatic heterocycles. The highest BCUT2D eigenvalue weighted by Gasteiger charge is 2.27. The third-order valence-corrected chi connectivity index (χ3v) is 4.39. The number of hydrogen-bond acceptors (Lipinski definition) is 7. The molecule has 9 nitrogen and oxygen atoms in total. The number of benzene rings is 2. The summed E-state index contributed by atoms with van der Waals surface area (Å²) in [7, 11) is 1.45. The highest BCUT2D eigenvalue weighted by atomic mass is 16.7. The number of nitrogens with zero attached hydrogens (tertiary/aromatic N) is 2. The van der Waals surface area contributed by atoms with Crippen LogP contribution in [0.1, 0.15) is 25.0 Å². The highest BCUT2D eigenvalue weighted by Crippen LogP contribution is 2.50. The van der Waals surface area contributed by atoms with Crippen LogP contribution in [0, 0.1) is 20.2 Å². The minimum atomic E-state index is -0.496. The van der Waals surface area contributed by atoms with E-state index in [9.17, 15) is 20.2 Å². The van der Waals surface area contributed by atoms with Crippen LogP contribution in [0.2, 0.25) is 0 Å². The summed E-state index contributed by atoms with van der Waals surface area (Å²) in [5.74, 6) is 1.12. The number of methoxy groups -OCH3 is 1. The molecule has 0 bridgehead atoms. The maximum absolute atomic E-state index is 11.2. The zero-order valence-electron chi connectivity index (χ0n) is 16.0. The second-order valence-electron chi connectivity index (χ2n) is 6.28. The molecule has 0 N–H and O–H groups in total. The molecule has 0 aromatic heterocycles.